The first-order chi connectivity index (χ1) is 9.35. The third-order valence-corrected chi connectivity index (χ3v) is 3.61. The average Bonchev–Trinajstić information content (AvgIpc) is 2.36. The fourth-order valence-electron chi connectivity index (χ4n) is 1.85. The lowest BCUT2D eigenvalue weighted by atomic mass is 10.1. The number of nitrogens with one attached hydrogen (secondary N) is 2. The van der Waals surface area contributed by atoms with Gasteiger partial charge in [0.05, 0.1) is 11.2 Å². The lowest BCUT2D eigenvalue weighted by Gasteiger charge is -2.23. The van der Waals surface area contributed by atoms with E-state index in [9.17, 15) is 9.90 Å². The van der Waals surface area contributed by atoms with E-state index in [2.05, 4.69) is 10.6 Å². The first-order valence-electron chi connectivity index (χ1n) is 6.71. The quantitative estimate of drug-likeness (QED) is 0.723. The Hall–Kier alpha value is -1.20. The van der Waals surface area contributed by atoms with Crippen LogP contribution in [-0.2, 0) is 0 Å². The third kappa shape index (κ3) is 5.43. The van der Waals surface area contributed by atoms with Gasteiger partial charge in [-0.2, -0.15) is 11.8 Å². The van der Waals surface area contributed by atoms with Gasteiger partial charge in [0.25, 0.3) is 5.91 Å². The van der Waals surface area contributed by atoms with E-state index in [1.807, 2.05) is 38.3 Å². The van der Waals surface area contributed by atoms with Crippen LogP contribution in [0.2, 0.25) is 0 Å². The van der Waals surface area contributed by atoms with Crippen molar-refractivity contribution in [3.05, 3.63) is 29.8 Å². The number of benzene rings is 1. The van der Waals surface area contributed by atoms with Crippen LogP contribution in [0.15, 0.2) is 24.3 Å². The Labute approximate surface area is 125 Å². The zero-order valence-corrected chi connectivity index (χ0v) is 13.4. The average molecular weight is 296 g/mol. The summed E-state index contributed by atoms with van der Waals surface area (Å²) in [7, 11) is 0. The van der Waals surface area contributed by atoms with Crippen molar-refractivity contribution in [1.82, 2.24) is 5.32 Å². The summed E-state index contributed by atoms with van der Waals surface area (Å²) in [5.74, 6) is 0.411. The van der Waals surface area contributed by atoms with E-state index < -0.39 is 5.60 Å². The molecule has 4 nitrogen and oxygen atoms in total. The zero-order chi connectivity index (χ0) is 15.2. The molecule has 1 aromatic carbocycles. The maximum Gasteiger partial charge on any atom is 0.253 e. The topological polar surface area (TPSA) is 61.4 Å². The maximum atomic E-state index is 12.2. The van der Waals surface area contributed by atoms with Crippen molar-refractivity contribution in [3.8, 4) is 0 Å². The molecule has 1 atom stereocenters. The van der Waals surface area contributed by atoms with Gasteiger partial charge in [-0.15, -0.1) is 0 Å². The fraction of sp³-hybridized carbons (Fsp3) is 0.533. The number of hydrogen-bond acceptors (Lipinski definition) is 4. The second-order valence-corrected chi connectivity index (χ2v) is 6.32. The monoisotopic (exact) mass is 296 g/mol. The smallest absolute Gasteiger partial charge is 0.253 e. The molecule has 0 aliphatic carbocycles. The summed E-state index contributed by atoms with van der Waals surface area (Å²) in [5, 5.41) is 16.1. The van der Waals surface area contributed by atoms with Crippen molar-refractivity contribution >= 4 is 23.4 Å². The minimum absolute atomic E-state index is 0.171. The molecule has 0 bridgehead atoms. The van der Waals surface area contributed by atoms with Crippen LogP contribution in [0.25, 0.3) is 0 Å². The van der Waals surface area contributed by atoms with Crippen LogP contribution in [-0.4, -0.2) is 41.2 Å². The van der Waals surface area contributed by atoms with Gasteiger partial charge in [0.1, 0.15) is 0 Å². The van der Waals surface area contributed by atoms with Gasteiger partial charge in [-0.05, 0) is 39.2 Å². The Morgan fingerprint density at radius 3 is 2.65 bits per heavy atom. The predicted molar refractivity (Wildman–Crippen MR) is 86.5 cm³/mol. The number of amides is 1. The lowest BCUT2D eigenvalue weighted by Crippen LogP contribution is -2.42. The molecule has 112 valence electrons. The van der Waals surface area contributed by atoms with E-state index in [1.165, 1.54) is 0 Å². The molecule has 0 spiro atoms. The minimum atomic E-state index is -0.893. The molecule has 20 heavy (non-hydrogen) atoms. The number of rotatable bonds is 7. The molecule has 0 radical (unpaired) electrons. The molecule has 1 unspecified atom stereocenters. The standard InChI is InChI=1S/C15H24N2O2S/c1-11(2)17-13-8-6-5-7-12(13)14(18)16-9-15(3,19)10-20-4/h5-8,11,17,19H,9-10H2,1-4H3,(H,16,18). The summed E-state index contributed by atoms with van der Waals surface area (Å²) in [5.41, 5.74) is 0.515. The van der Waals surface area contributed by atoms with Crippen molar-refractivity contribution in [2.75, 3.05) is 23.9 Å². The van der Waals surface area contributed by atoms with Crippen molar-refractivity contribution < 1.29 is 9.90 Å². The first kappa shape index (κ1) is 16.9. The third-order valence-electron chi connectivity index (χ3n) is 2.70. The summed E-state index contributed by atoms with van der Waals surface area (Å²) in [4.78, 5) is 12.2. The van der Waals surface area contributed by atoms with Crippen LogP contribution in [0.4, 0.5) is 5.69 Å². The molecule has 0 heterocycles. The summed E-state index contributed by atoms with van der Waals surface area (Å²) in [6.07, 6.45) is 1.93. The summed E-state index contributed by atoms with van der Waals surface area (Å²) < 4.78 is 0. The number of anilines is 1. The van der Waals surface area contributed by atoms with Gasteiger partial charge in [-0.1, -0.05) is 12.1 Å². The van der Waals surface area contributed by atoms with E-state index in [1.54, 1.807) is 24.8 Å². The molecular formula is C15H24N2O2S. The van der Waals surface area contributed by atoms with Crippen molar-refractivity contribution in [1.29, 1.82) is 0 Å². The van der Waals surface area contributed by atoms with Crippen LogP contribution in [0, 0.1) is 0 Å². The summed E-state index contributed by atoms with van der Waals surface area (Å²) in [6.45, 7) is 6.01. The number of carbonyl (C=O) groups excluding carboxylic acids is 1. The highest BCUT2D eigenvalue weighted by atomic mass is 32.2. The van der Waals surface area contributed by atoms with Crippen LogP contribution >= 0.6 is 11.8 Å². The van der Waals surface area contributed by atoms with Crippen LogP contribution < -0.4 is 10.6 Å². The zero-order valence-electron chi connectivity index (χ0n) is 12.6. The van der Waals surface area contributed by atoms with Crippen LogP contribution in [0.3, 0.4) is 0 Å². The second kappa shape index (κ2) is 7.55. The van der Waals surface area contributed by atoms with E-state index >= 15 is 0 Å². The molecular weight excluding hydrogens is 272 g/mol. The molecule has 0 aliphatic heterocycles. The molecule has 0 aliphatic rings. The number of hydrogen-bond donors (Lipinski definition) is 3. The number of carbonyl (C=O) groups is 1. The Balaban J connectivity index is 2.73. The van der Waals surface area contributed by atoms with Gasteiger partial charge in [-0.25, -0.2) is 0 Å². The van der Waals surface area contributed by atoms with Gasteiger partial charge in [0.15, 0.2) is 0 Å². The van der Waals surface area contributed by atoms with Crippen molar-refractivity contribution in [2.24, 2.45) is 0 Å². The normalized spacial score (nSPS) is 13.9. The second-order valence-electron chi connectivity index (χ2n) is 5.46. The van der Waals surface area contributed by atoms with E-state index in [-0.39, 0.29) is 18.5 Å². The van der Waals surface area contributed by atoms with E-state index in [4.69, 9.17) is 0 Å². The first-order valence-corrected chi connectivity index (χ1v) is 8.10. The van der Waals surface area contributed by atoms with Gasteiger partial charge in [0.2, 0.25) is 0 Å². The Bertz CT molecular complexity index is 447. The van der Waals surface area contributed by atoms with Crippen LogP contribution in [0.1, 0.15) is 31.1 Å². The van der Waals surface area contributed by atoms with Gasteiger partial charge >= 0.3 is 0 Å². The Morgan fingerprint density at radius 1 is 1.40 bits per heavy atom. The molecule has 1 rings (SSSR count). The number of aliphatic hydroxyl groups is 1. The molecule has 5 heteroatoms. The molecule has 1 amide bonds. The Kier molecular flexibility index (Phi) is 6.36. The lowest BCUT2D eigenvalue weighted by molar-refractivity contribution is 0.0725. The summed E-state index contributed by atoms with van der Waals surface area (Å²) >= 11 is 1.55. The molecule has 0 saturated carbocycles. The molecule has 0 fully saturated rings. The maximum absolute atomic E-state index is 12.2. The molecule has 3 N–H and O–H groups in total. The predicted octanol–water partition coefficient (Wildman–Crippen LogP) is 2.35. The molecule has 0 aromatic heterocycles. The highest BCUT2D eigenvalue weighted by molar-refractivity contribution is 7.98. The van der Waals surface area contributed by atoms with Gasteiger partial charge in [-0.3, -0.25) is 4.79 Å². The molecule has 0 saturated heterocycles. The minimum Gasteiger partial charge on any atom is -0.387 e. The fourth-order valence-corrected chi connectivity index (χ4v) is 2.57. The molecule has 1 aromatic rings. The van der Waals surface area contributed by atoms with E-state index in [0.717, 1.165) is 5.69 Å². The van der Waals surface area contributed by atoms with E-state index in [0.29, 0.717) is 11.3 Å². The Morgan fingerprint density at radius 2 is 2.05 bits per heavy atom. The van der Waals surface area contributed by atoms with Crippen molar-refractivity contribution in [3.63, 3.8) is 0 Å². The summed E-state index contributed by atoms with van der Waals surface area (Å²) in [6, 6.07) is 7.65. The highest BCUT2D eigenvalue weighted by Crippen LogP contribution is 2.16. The van der Waals surface area contributed by atoms with Crippen LogP contribution in [0.5, 0.6) is 0 Å². The van der Waals surface area contributed by atoms with Gasteiger partial charge < -0.3 is 15.7 Å². The SMILES string of the molecule is CSCC(C)(O)CNC(=O)c1ccccc1NC(C)C. The largest absolute Gasteiger partial charge is 0.387 e. The van der Waals surface area contributed by atoms with Crippen molar-refractivity contribution in [2.45, 2.75) is 32.4 Å². The highest BCUT2D eigenvalue weighted by Gasteiger charge is 2.21. The van der Waals surface area contributed by atoms with Gasteiger partial charge in [0, 0.05) is 24.0 Å². The number of thioether (sulfide) groups is 1. The number of para-hydroxylation sites is 1.